The van der Waals surface area contributed by atoms with Crippen LogP contribution in [0.5, 0.6) is 0 Å². The maximum absolute atomic E-state index is 9.91. The molecule has 0 atom stereocenters. The van der Waals surface area contributed by atoms with Crippen molar-refractivity contribution < 1.29 is 9.53 Å². The summed E-state index contributed by atoms with van der Waals surface area (Å²) in [7, 11) is 0. The van der Waals surface area contributed by atoms with E-state index in [2.05, 4.69) is 23.8 Å². The van der Waals surface area contributed by atoms with Gasteiger partial charge >= 0.3 is 0 Å². The molecular weight excluding hydrogens is 236 g/mol. The predicted molar refractivity (Wildman–Crippen MR) is 82.2 cm³/mol. The smallest absolute Gasteiger partial charge is 0.293 e. The minimum absolute atomic E-state index is 0.536. The van der Waals surface area contributed by atoms with E-state index in [1.54, 1.807) is 0 Å². The fourth-order valence-electron chi connectivity index (χ4n) is 2.13. The highest BCUT2D eigenvalue weighted by molar-refractivity contribution is 5.36. The first-order valence-electron chi connectivity index (χ1n) is 8.12. The monoisotopic (exact) mass is 268 g/mol. The Morgan fingerprint density at radius 2 is 1.26 bits per heavy atom. The Hall–Kier alpha value is -0.790. The van der Waals surface area contributed by atoms with Gasteiger partial charge in [0.05, 0.1) is 6.61 Å². The Kier molecular flexibility index (Phi) is 16.5. The van der Waals surface area contributed by atoms with Gasteiger partial charge in [-0.3, -0.25) is 4.79 Å². The van der Waals surface area contributed by atoms with Crippen LogP contribution in [0.1, 0.15) is 84.0 Å². The van der Waals surface area contributed by atoms with Crippen molar-refractivity contribution in [3.8, 4) is 0 Å². The number of unbranched alkanes of at least 4 members (excludes halogenated alkanes) is 10. The van der Waals surface area contributed by atoms with E-state index in [-0.39, 0.29) is 0 Å². The average Bonchev–Trinajstić information content (AvgIpc) is 2.43. The van der Waals surface area contributed by atoms with Gasteiger partial charge in [-0.2, -0.15) is 0 Å². The number of hydrogen-bond donors (Lipinski definition) is 0. The molecule has 0 fully saturated rings. The molecule has 19 heavy (non-hydrogen) atoms. The van der Waals surface area contributed by atoms with Crippen molar-refractivity contribution in [3.05, 3.63) is 12.2 Å². The minimum atomic E-state index is 0.536. The summed E-state index contributed by atoms with van der Waals surface area (Å²) in [6, 6.07) is 0. The molecule has 0 aromatic heterocycles. The van der Waals surface area contributed by atoms with E-state index in [1.165, 1.54) is 70.6 Å². The van der Waals surface area contributed by atoms with Crippen molar-refractivity contribution in [1.29, 1.82) is 0 Å². The number of carbonyl (C=O) groups is 1. The Labute approximate surface area is 119 Å². The lowest BCUT2D eigenvalue weighted by Gasteiger charge is -2.00. The number of ether oxygens (including phenoxy) is 1. The molecule has 2 heteroatoms. The number of allylic oxidation sites excluding steroid dienone is 2. The van der Waals surface area contributed by atoms with E-state index in [9.17, 15) is 4.79 Å². The van der Waals surface area contributed by atoms with Crippen molar-refractivity contribution >= 4 is 6.47 Å². The van der Waals surface area contributed by atoms with E-state index in [0.29, 0.717) is 13.1 Å². The SMILES string of the molecule is CCCCCC/C=C\CCCCCCCCOC=O. The second kappa shape index (κ2) is 17.2. The van der Waals surface area contributed by atoms with Crippen LogP contribution >= 0.6 is 0 Å². The van der Waals surface area contributed by atoms with Crippen molar-refractivity contribution in [3.63, 3.8) is 0 Å². The Bertz CT molecular complexity index is 199. The molecule has 0 spiro atoms. The van der Waals surface area contributed by atoms with Crippen molar-refractivity contribution in [1.82, 2.24) is 0 Å². The molecule has 112 valence electrons. The fourth-order valence-corrected chi connectivity index (χ4v) is 2.13. The molecule has 0 aliphatic heterocycles. The van der Waals surface area contributed by atoms with E-state index >= 15 is 0 Å². The van der Waals surface area contributed by atoms with E-state index in [4.69, 9.17) is 0 Å². The zero-order valence-corrected chi connectivity index (χ0v) is 12.7. The highest BCUT2D eigenvalue weighted by atomic mass is 16.5. The van der Waals surface area contributed by atoms with E-state index in [0.717, 1.165) is 6.42 Å². The summed E-state index contributed by atoms with van der Waals surface area (Å²) in [4.78, 5) is 9.91. The van der Waals surface area contributed by atoms with Crippen LogP contribution in [-0.2, 0) is 9.53 Å². The van der Waals surface area contributed by atoms with Gasteiger partial charge in [-0.05, 0) is 32.1 Å². The van der Waals surface area contributed by atoms with Gasteiger partial charge in [-0.15, -0.1) is 0 Å². The van der Waals surface area contributed by atoms with Gasteiger partial charge in [-0.25, -0.2) is 0 Å². The van der Waals surface area contributed by atoms with Gasteiger partial charge in [0.2, 0.25) is 0 Å². The molecule has 0 N–H and O–H groups in total. The molecule has 0 amide bonds. The molecular formula is C17H32O2. The van der Waals surface area contributed by atoms with Crippen LogP contribution in [-0.4, -0.2) is 13.1 Å². The molecule has 0 unspecified atom stereocenters. The zero-order chi connectivity index (χ0) is 14.0. The first-order valence-corrected chi connectivity index (χ1v) is 8.12. The van der Waals surface area contributed by atoms with Gasteiger partial charge in [0, 0.05) is 0 Å². The van der Waals surface area contributed by atoms with Crippen LogP contribution in [0.4, 0.5) is 0 Å². The van der Waals surface area contributed by atoms with Crippen LogP contribution in [0.2, 0.25) is 0 Å². The van der Waals surface area contributed by atoms with Gasteiger partial charge in [0.1, 0.15) is 0 Å². The predicted octanol–water partition coefficient (Wildman–Crippen LogP) is 5.42. The lowest BCUT2D eigenvalue weighted by molar-refractivity contribution is -0.128. The molecule has 0 radical (unpaired) electrons. The van der Waals surface area contributed by atoms with Crippen LogP contribution in [0, 0.1) is 0 Å². The van der Waals surface area contributed by atoms with E-state index < -0.39 is 0 Å². The van der Waals surface area contributed by atoms with Crippen LogP contribution in [0.3, 0.4) is 0 Å². The van der Waals surface area contributed by atoms with Crippen molar-refractivity contribution in [2.45, 2.75) is 84.0 Å². The maximum atomic E-state index is 9.91. The third-order valence-corrected chi connectivity index (χ3v) is 3.34. The third-order valence-electron chi connectivity index (χ3n) is 3.34. The quantitative estimate of drug-likeness (QED) is 0.225. The standard InChI is InChI=1S/C17H32O2/c1-2-3-4-5-6-7-8-9-10-11-12-13-14-15-16-19-17-18/h7-8,17H,2-6,9-16H2,1H3/b8-7-. The summed E-state index contributed by atoms with van der Waals surface area (Å²) in [5.41, 5.74) is 0. The Balaban J connectivity index is 3.01. The van der Waals surface area contributed by atoms with E-state index in [1.807, 2.05) is 0 Å². The summed E-state index contributed by atoms with van der Waals surface area (Å²) >= 11 is 0. The molecule has 0 heterocycles. The molecule has 0 saturated carbocycles. The Morgan fingerprint density at radius 1 is 0.737 bits per heavy atom. The number of hydrogen-bond acceptors (Lipinski definition) is 2. The Morgan fingerprint density at radius 3 is 1.84 bits per heavy atom. The second-order valence-electron chi connectivity index (χ2n) is 5.20. The normalized spacial score (nSPS) is 11.0. The van der Waals surface area contributed by atoms with Crippen LogP contribution in [0.25, 0.3) is 0 Å². The minimum Gasteiger partial charge on any atom is -0.468 e. The largest absolute Gasteiger partial charge is 0.468 e. The summed E-state index contributed by atoms with van der Waals surface area (Å²) < 4.78 is 4.65. The van der Waals surface area contributed by atoms with Gasteiger partial charge < -0.3 is 4.74 Å². The van der Waals surface area contributed by atoms with Gasteiger partial charge in [0.15, 0.2) is 0 Å². The third kappa shape index (κ3) is 17.2. The number of carbonyl (C=O) groups excluding carboxylic acids is 1. The molecule has 0 bridgehead atoms. The van der Waals surface area contributed by atoms with Crippen molar-refractivity contribution in [2.24, 2.45) is 0 Å². The molecule has 0 aliphatic carbocycles. The molecule has 0 aromatic carbocycles. The zero-order valence-electron chi connectivity index (χ0n) is 12.7. The molecule has 0 aromatic rings. The maximum Gasteiger partial charge on any atom is 0.293 e. The summed E-state index contributed by atoms with van der Waals surface area (Å²) in [6.07, 6.45) is 20.1. The first kappa shape index (κ1) is 18.2. The summed E-state index contributed by atoms with van der Waals surface area (Å²) in [6.45, 7) is 3.38. The highest BCUT2D eigenvalue weighted by Gasteiger charge is 1.91. The van der Waals surface area contributed by atoms with Gasteiger partial charge in [0.25, 0.3) is 6.47 Å². The second-order valence-corrected chi connectivity index (χ2v) is 5.20. The van der Waals surface area contributed by atoms with Crippen molar-refractivity contribution in [2.75, 3.05) is 6.61 Å². The topological polar surface area (TPSA) is 26.3 Å². The fraction of sp³-hybridized carbons (Fsp3) is 0.824. The molecule has 0 saturated heterocycles. The summed E-state index contributed by atoms with van der Waals surface area (Å²) in [5.74, 6) is 0. The lowest BCUT2D eigenvalue weighted by Crippen LogP contribution is -1.91. The van der Waals surface area contributed by atoms with Crippen LogP contribution in [0.15, 0.2) is 12.2 Å². The average molecular weight is 268 g/mol. The summed E-state index contributed by atoms with van der Waals surface area (Å²) in [5, 5.41) is 0. The lowest BCUT2D eigenvalue weighted by atomic mass is 10.1. The molecule has 0 rings (SSSR count). The molecule has 2 nitrogen and oxygen atoms in total. The van der Waals surface area contributed by atoms with Gasteiger partial charge in [-0.1, -0.05) is 64.0 Å². The first-order chi connectivity index (χ1) is 9.41. The molecule has 0 aliphatic rings. The number of rotatable bonds is 15. The highest BCUT2D eigenvalue weighted by Crippen LogP contribution is 2.08. The van der Waals surface area contributed by atoms with Crippen LogP contribution < -0.4 is 0 Å².